The molecule has 176 valence electrons. The zero-order chi connectivity index (χ0) is 23.6. The Morgan fingerprint density at radius 1 is 1.29 bits per heavy atom. The normalized spacial score (nSPS) is 29.2. The first kappa shape index (κ1) is 25.9. The van der Waals surface area contributed by atoms with Crippen molar-refractivity contribution >= 4 is 33.7 Å². The minimum atomic E-state index is -1.81. The zero-order valence-corrected chi connectivity index (χ0v) is 20.2. The van der Waals surface area contributed by atoms with Crippen LogP contribution in [0.1, 0.15) is 47.5 Å². The SMILES string of the molecule is CC(C)[C@@H]1N(C(=O)[C@@H](C)[C@@H]2O[C@](O)(CCCOCCO)C(Br)=CC2=O)C(=O)OC1(C)C. The van der Waals surface area contributed by atoms with E-state index >= 15 is 0 Å². The van der Waals surface area contributed by atoms with E-state index in [0.29, 0.717) is 6.42 Å². The van der Waals surface area contributed by atoms with Gasteiger partial charge < -0.3 is 24.4 Å². The highest BCUT2D eigenvalue weighted by Gasteiger charge is 2.54. The van der Waals surface area contributed by atoms with Crippen LogP contribution in [0.15, 0.2) is 10.6 Å². The van der Waals surface area contributed by atoms with Gasteiger partial charge in [0, 0.05) is 13.0 Å². The van der Waals surface area contributed by atoms with Gasteiger partial charge in [-0.2, -0.15) is 0 Å². The average molecular weight is 506 g/mol. The number of halogens is 1. The molecule has 2 rings (SSSR count). The number of ether oxygens (including phenoxy) is 3. The molecule has 0 bridgehead atoms. The highest BCUT2D eigenvalue weighted by atomic mass is 79.9. The molecule has 9 nitrogen and oxygen atoms in total. The average Bonchev–Trinajstić information content (AvgIpc) is 2.92. The lowest BCUT2D eigenvalue weighted by Crippen LogP contribution is -2.54. The molecule has 0 aliphatic carbocycles. The summed E-state index contributed by atoms with van der Waals surface area (Å²) < 4.78 is 16.5. The van der Waals surface area contributed by atoms with E-state index in [1.807, 2.05) is 13.8 Å². The summed E-state index contributed by atoms with van der Waals surface area (Å²) in [6.45, 7) is 9.12. The molecule has 0 unspecified atom stereocenters. The molecule has 0 aromatic rings. The second kappa shape index (κ2) is 10.1. The molecule has 0 spiro atoms. The number of amides is 2. The number of carbonyl (C=O) groups excluding carboxylic acids is 3. The summed E-state index contributed by atoms with van der Waals surface area (Å²) in [6.07, 6.45) is -0.310. The number of hydrogen-bond acceptors (Lipinski definition) is 8. The van der Waals surface area contributed by atoms with Crippen molar-refractivity contribution in [3.8, 4) is 0 Å². The van der Waals surface area contributed by atoms with E-state index in [1.54, 1.807) is 13.8 Å². The lowest BCUT2D eigenvalue weighted by molar-refractivity contribution is -0.217. The molecule has 2 N–H and O–H groups in total. The quantitative estimate of drug-likeness (QED) is 0.456. The van der Waals surface area contributed by atoms with Crippen molar-refractivity contribution < 1.29 is 38.8 Å². The van der Waals surface area contributed by atoms with Crippen LogP contribution < -0.4 is 0 Å². The smallest absolute Gasteiger partial charge is 0.417 e. The van der Waals surface area contributed by atoms with E-state index in [1.165, 1.54) is 13.0 Å². The Morgan fingerprint density at radius 2 is 1.94 bits per heavy atom. The minimum absolute atomic E-state index is 0.0644. The van der Waals surface area contributed by atoms with Crippen LogP contribution in [0.5, 0.6) is 0 Å². The highest BCUT2D eigenvalue weighted by Crippen LogP contribution is 2.39. The topological polar surface area (TPSA) is 123 Å². The lowest BCUT2D eigenvalue weighted by atomic mass is 9.87. The molecular weight excluding hydrogens is 474 g/mol. The molecule has 0 radical (unpaired) electrons. The fraction of sp³-hybridized carbons (Fsp3) is 0.762. The first-order valence-corrected chi connectivity index (χ1v) is 11.2. The van der Waals surface area contributed by atoms with Crippen molar-refractivity contribution in [3.05, 3.63) is 10.6 Å². The number of ketones is 1. The third-order valence-electron chi connectivity index (χ3n) is 5.53. The van der Waals surface area contributed by atoms with E-state index in [2.05, 4.69) is 15.9 Å². The molecular formula is C21H32BrNO8. The minimum Gasteiger partial charge on any atom is -0.441 e. The maximum absolute atomic E-state index is 13.3. The third kappa shape index (κ3) is 5.54. The summed E-state index contributed by atoms with van der Waals surface area (Å²) >= 11 is 3.18. The maximum atomic E-state index is 13.3. The van der Waals surface area contributed by atoms with Crippen LogP contribution in [0, 0.1) is 11.8 Å². The van der Waals surface area contributed by atoms with Gasteiger partial charge in [0.1, 0.15) is 11.7 Å². The van der Waals surface area contributed by atoms with Gasteiger partial charge in [-0.05, 0) is 48.2 Å². The van der Waals surface area contributed by atoms with E-state index in [0.717, 1.165) is 4.90 Å². The van der Waals surface area contributed by atoms with Crippen LogP contribution in [0.25, 0.3) is 0 Å². The number of carbonyl (C=O) groups is 3. The van der Waals surface area contributed by atoms with Crippen LogP contribution in [0.4, 0.5) is 4.79 Å². The molecule has 4 atom stereocenters. The molecule has 1 fully saturated rings. The lowest BCUT2D eigenvalue weighted by Gasteiger charge is -2.38. The van der Waals surface area contributed by atoms with E-state index in [-0.39, 0.29) is 36.6 Å². The van der Waals surface area contributed by atoms with Gasteiger partial charge in [-0.3, -0.25) is 9.59 Å². The van der Waals surface area contributed by atoms with Crippen molar-refractivity contribution in [1.82, 2.24) is 4.90 Å². The summed E-state index contributed by atoms with van der Waals surface area (Å²) in [6, 6.07) is -0.501. The standard InChI is InChI=1S/C21H32BrNO8/c1-12(2)17-20(4,5)31-19(27)23(17)18(26)13(3)16-14(25)11-15(22)21(28,30-16)7-6-9-29-10-8-24/h11-13,16-17,24,28H,6-10H2,1-5H3/t13-,16-,17-,21+/m0/s1. The van der Waals surface area contributed by atoms with Gasteiger partial charge >= 0.3 is 6.09 Å². The van der Waals surface area contributed by atoms with Gasteiger partial charge in [0.2, 0.25) is 5.91 Å². The fourth-order valence-corrected chi connectivity index (χ4v) is 4.70. The summed E-state index contributed by atoms with van der Waals surface area (Å²) in [4.78, 5) is 39.4. The number of aliphatic hydroxyl groups is 2. The molecule has 2 amide bonds. The number of cyclic esters (lactones) is 1. The molecule has 1 saturated heterocycles. The first-order valence-electron chi connectivity index (χ1n) is 10.4. The molecule has 2 aliphatic rings. The number of imide groups is 1. The van der Waals surface area contributed by atoms with E-state index in [4.69, 9.17) is 19.3 Å². The monoisotopic (exact) mass is 505 g/mol. The Morgan fingerprint density at radius 3 is 2.52 bits per heavy atom. The zero-order valence-electron chi connectivity index (χ0n) is 18.6. The number of aliphatic hydroxyl groups excluding tert-OH is 1. The van der Waals surface area contributed by atoms with Gasteiger partial charge in [-0.15, -0.1) is 0 Å². The second-order valence-corrected chi connectivity index (χ2v) is 9.67. The third-order valence-corrected chi connectivity index (χ3v) is 6.38. The van der Waals surface area contributed by atoms with Crippen molar-refractivity contribution in [1.29, 1.82) is 0 Å². The van der Waals surface area contributed by atoms with Gasteiger partial charge in [-0.25, -0.2) is 9.69 Å². The van der Waals surface area contributed by atoms with E-state index in [9.17, 15) is 19.5 Å². The fourth-order valence-electron chi connectivity index (χ4n) is 4.19. The van der Waals surface area contributed by atoms with Gasteiger partial charge in [-0.1, -0.05) is 20.8 Å². The molecule has 2 heterocycles. The summed E-state index contributed by atoms with van der Waals surface area (Å²) in [7, 11) is 0. The van der Waals surface area contributed by atoms with Crippen molar-refractivity contribution in [2.24, 2.45) is 11.8 Å². The molecule has 0 aromatic carbocycles. The Labute approximate surface area is 190 Å². The summed E-state index contributed by atoms with van der Waals surface area (Å²) in [5, 5.41) is 19.7. The largest absolute Gasteiger partial charge is 0.441 e. The molecule has 0 aromatic heterocycles. The summed E-state index contributed by atoms with van der Waals surface area (Å²) in [5.41, 5.74) is -0.865. The highest BCUT2D eigenvalue weighted by molar-refractivity contribution is 9.11. The Balaban J connectivity index is 2.18. The Bertz CT molecular complexity index is 737. The Kier molecular flexibility index (Phi) is 8.43. The van der Waals surface area contributed by atoms with Gasteiger partial charge in [0.05, 0.1) is 29.7 Å². The van der Waals surface area contributed by atoms with Crippen LogP contribution in [-0.2, 0) is 23.8 Å². The van der Waals surface area contributed by atoms with Crippen molar-refractivity contribution in [2.75, 3.05) is 19.8 Å². The van der Waals surface area contributed by atoms with Crippen molar-refractivity contribution in [2.45, 2.75) is 71.0 Å². The number of nitrogens with zero attached hydrogens (tertiary/aromatic N) is 1. The van der Waals surface area contributed by atoms with Crippen LogP contribution in [0.3, 0.4) is 0 Å². The van der Waals surface area contributed by atoms with Gasteiger partial charge in [0.25, 0.3) is 0 Å². The molecule has 2 aliphatic heterocycles. The van der Waals surface area contributed by atoms with E-state index < -0.39 is 47.2 Å². The van der Waals surface area contributed by atoms with Gasteiger partial charge in [0.15, 0.2) is 11.6 Å². The first-order chi connectivity index (χ1) is 14.4. The molecule has 0 saturated carbocycles. The second-order valence-electron chi connectivity index (χ2n) is 8.81. The maximum Gasteiger partial charge on any atom is 0.417 e. The Hall–Kier alpha value is -1.33. The van der Waals surface area contributed by atoms with Crippen LogP contribution in [-0.4, -0.2) is 76.3 Å². The van der Waals surface area contributed by atoms with Crippen molar-refractivity contribution in [3.63, 3.8) is 0 Å². The summed E-state index contributed by atoms with van der Waals surface area (Å²) in [5.74, 6) is -3.97. The predicted molar refractivity (Wildman–Crippen MR) is 114 cm³/mol. The van der Waals surface area contributed by atoms with Crippen LogP contribution in [0.2, 0.25) is 0 Å². The molecule has 31 heavy (non-hydrogen) atoms. The number of rotatable bonds is 9. The van der Waals surface area contributed by atoms with Crippen LogP contribution >= 0.6 is 15.9 Å². The predicted octanol–water partition coefficient (Wildman–Crippen LogP) is 2.13. The molecule has 10 heteroatoms. The number of hydrogen-bond donors (Lipinski definition) is 2.